The Balaban J connectivity index is 1.36. The molecule has 1 unspecified atom stereocenters. The molecule has 1 aromatic rings. The van der Waals surface area contributed by atoms with E-state index in [2.05, 4.69) is 34.9 Å². The number of nitrogens with zero attached hydrogens (tertiary/aromatic N) is 2. The summed E-state index contributed by atoms with van der Waals surface area (Å²) >= 11 is 0. The Morgan fingerprint density at radius 3 is 2.38 bits per heavy atom. The van der Waals surface area contributed by atoms with Gasteiger partial charge in [-0.3, -0.25) is 0 Å². The molecule has 4 aliphatic rings. The van der Waals surface area contributed by atoms with Gasteiger partial charge in [-0.15, -0.1) is 0 Å². The molecule has 4 aliphatic carbocycles. The van der Waals surface area contributed by atoms with Crippen LogP contribution in [-0.2, 0) is 6.54 Å². The largest absolute Gasteiger partial charge is 0.334 e. The minimum Gasteiger partial charge on any atom is -0.334 e. The van der Waals surface area contributed by atoms with Crippen LogP contribution in [0, 0.1) is 30.1 Å². The highest BCUT2D eigenvalue weighted by Gasteiger charge is 2.52. The predicted molar refractivity (Wildman–Crippen MR) is 85.0 cm³/mol. The van der Waals surface area contributed by atoms with Gasteiger partial charge in [0.25, 0.3) is 0 Å². The average molecular weight is 287 g/mol. The minimum absolute atomic E-state index is 0.624. The summed E-state index contributed by atoms with van der Waals surface area (Å²) in [5.41, 5.74) is 0.624. The molecule has 5 rings (SSSR count). The summed E-state index contributed by atoms with van der Waals surface area (Å²) in [7, 11) is 0. The van der Waals surface area contributed by atoms with Gasteiger partial charge in [-0.05, 0) is 75.5 Å². The van der Waals surface area contributed by atoms with Crippen molar-refractivity contribution in [2.24, 2.45) is 23.2 Å². The molecule has 0 spiro atoms. The molecule has 3 nitrogen and oxygen atoms in total. The number of imidazole rings is 1. The minimum atomic E-state index is 0.624. The molecule has 116 valence electrons. The van der Waals surface area contributed by atoms with Gasteiger partial charge in [0.1, 0.15) is 5.82 Å². The van der Waals surface area contributed by atoms with E-state index < -0.39 is 0 Å². The molecule has 21 heavy (non-hydrogen) atoms. The fourth-order valence-electron chi connectivity index (χ4n) is 5.97. The summed E-state index contributed by atoms with van der Waals surface area (Å²) in [4.78, 5) is 4.30. The van der Waals surface area contributed by atoms with Gasteiger partial charge >= 0.3 is 0 Å². The number of rotatable bonds is 5. The summed E-state index contributed by atoms with van der Waals surface area (Å²) in [6.07, 6.45) is 13.1. The summed E-state index contributed by atoms with van der Waals surface area (Å²) in [5, 5.41) is 3.86. The number of nitrogens with one attached hydrogen (secondary N) is 1. The molecule has 0 radical (unpaired) electrons. The third-order valence-electron chi connectivity index (χ3n) is 6.73. The summed E-state index contributed by atoms with van der Waals surface area (Å²) in [5.74, 6) is 4.28. The molecule has 1 N–H and O–H groups in total. The first-order valence-electron chi connectivity index (χ1n) is 8.86. The lowest BCUT2D eigenvalue weighted by Gasteiger charge is -2.59. The first kappa shape index (κ1) is 13.8. The van der Waals surface area contributed by atoms with E-state index in [9.17, 15) is 0 Å². The van der Waals surface area contributed by atoms with E-state index in [-0.39, 0.29) is 0 Å². The molecule has 0 amide bonds. The summed E-state index contributed by atoms with van der Waals surface area (Å²) < 4.78 is 2.25. The normalized spacial score (nSPS) is 38.9. The van der Waals surface area contributed by atoms with Crippen molar-refractivity contribution < 1.29 is 0 Å². The van der Waals surface area contributed by atoms with Gasteiger partial charge in [0.05, 0.1) is 0 Å². The van der Waals surface area contributed by atoms with E-state index in [0.717, 1.165) is 36.7 Å². The quantitative estimate of drug-likeness (QED) is 0.899. The van der Waals surface area contributed by atoms with Gasteiger partial charge in [-0.25, -0.2) is 4.98 Å². The third-order valence-corrected chi connectivity index (χ3v) is 6.73. The van der Waals surface area contributed by atoms with Crippen molar-refractivity contribution in [3.63, 3.8) is 0 Å². The Hall–Kier alpha value is -0.830. The molecule has 3 heteroatoms. The van der Waals surface area contributed by atoms with Crippen molar-refractivity contribution in [2.75, 3.05) is 6.54 Å². The van der Waals surface area contributed by atoms with Crippen LogP contribution in [0.4, 0.5) is 0 Å². The Kier molecular flexibility index (Phi) is 3.36. The molecule has 4 saturated carbocycles. The van der Waals surface area contributed by atoms with E-state index in [1.807, 2.05) is 6.20 Å². The van der Waals surface area contributed by atoms with E-state index in [4.69, 9.17) is 0 Å². The summed E-state index contributed by atoms with van der Waals surface area (Å²) in [6, 6.07) is 0.676. The molecule has 1 atom stereocenters. The van der Waals surface area contributed by atoms with E-state index in [1.165, 1.54) is 19.3 Å². The third kappa shape index (κ3) is 2.44. The summed E-state index contributed by atoms with van der Waals surface area (Å²) in [6.45, 7) is 6.65. The van der Waals surface area contributed by atoms with Gasteiger partial charge < -0.3 is 9.88 Å². The molecule has 1 heterocycles. The van der Waals surface area contributed by atoms with Crippen LogP contribution in [0.3, 0.4) is 0 Å². The second-order valence-corrected chi connectivity index (χ2v) is 8.12. The van der Waals surface area contributed by atoms with Crippen LogP contribution in [0.15, 0.2) is 12.4 Å². The van der Waals surface area contributed by atoms with Crippen molar-refractivity contribution in [1.82, 2.24) is 14.9 Å². The zero-order valence-electron chi connectivity index (χ0n) is 13.5. The maximum Gasteiger partial charge on any atom is 0.105 e. The molecule has 1 aromatic heterocycles. The van der Waals surface area contributed by atoms with E-state index in [1.54, 1.807) is 19.3 Å². The highest BCUT2D eigenvalue weighted by Crippen LogP contribution is 2.61. The van der Waals surface area contributed by atoms with Gasteiger partial charge in [0.2, 0.25) is 0 Å². The molecular formula is C18H29N3. The van der Waals surface area contributed by atoms with Gasteiger partial charge in [-0.1, -0.05) is 0 Å². The first-order chi connectivity index (χ1) is 10.1. The van der Waals surface area contributed by atoms with Crippen molar-refractivity contribution in [2.45, 2.75) is 65.0 Å². The molecule has 4 fully saturated rings. The van der Waals surface area contributed by atoms with Crippen molar-refractivity contribution in [1.29, 1.82) is 0 Å². The van der Waals surface area contributed by atoms with Crippen LogP contribution in [0.25, 0.3) is 0 Å². The standard InChI is InChI=1S/C18H29N3/c1-13(19-3-5-21-6-4-20-14(21)2)18-10-15-7-16(11-18)9-17(8-15)12-18/h4,6,13,15-17,19H,3,5,7-12H2,1-2H3. The first-order valence-corrected chi connectivity index (χ1v) is 8.86. The van der Waals surface area contributed by atoms with Crippen molar-refractivity contribution in [3.8, 4) is 0 Å². The highest BCUT2D eigenvalue weighted by atomic mass is 15.1. The van der Waals surface area contributed by atoms with Crippen LogP contribution < -0.4 is 5.32 Å². The van der Waals surface area contributed by atoms with Crippen LogP contribution in [0.2, 0.25) is 0 Å². The number of hydrogen-bond donors (Lipinski definition) is 1. The Labute approximate surface area is 128 Å². The molecule has 0 aromatic carbocycles. The number of hydrogen-bond acceptors (Lipinski definition) is 2. The van der Waals surface area contributed by atoms with Gasteiger partial charge in [0, 0.05) is 31.5 Å². The lowest BCUT2D eigenvalue weighted by atomic mass is 9.48. The zero-order chi connectivity index (χ0) is 14.4. The number of aryl methyl sites for hydroxylation is 1. The monoisotopic (exact) mass is 287 g/mol. The van der Waals surface area contributed by atoms with Crippen LogP contribution in [0.1, 0.15) is 51.3 Å². The van der Waals surface area contributed by atoms with E-state index in [0.29, 0.717) is 11.5 Å². The van der Waals surface area contributed by atoms with E-state index >= 15 is 0 Å². The smallest absolute Gasteiger partial charge is 0.105 e. The van der Waals surface area contributed by atoms with Crippen molar-refractivity contribution >= 4 is 0 Å². The van der Waals surface area contributed by atoms with Crippen LogP contribution in [0.5, 0.6) is 0 Å². The zero-order valence-corrected chi connectivity index (χ0v) is 13.5. The topological polar surface area (TPSA) is 29.9 Å². The SMILES string of the molecule is Cc1nccn1CCNC(C)C12CC3CC(CC(C3)C1)C2. The van der Waals surface area contributed by atoms with Crippen LogP contribution >= 0.6 is 0 Å². The van der Waals surface area contributed by atoms with Crippen molar-refractivity contribution in [3.05, 3.63) is 18.2 Å². The lowest BCUT2D eigenvalue weighted by molar-refractivity contribution is -0.0703. The predicted octanol–water partition coefficient (Wildman–Crippen LogP) is 3.39. The fourth-order valence-corrected chi connectivity index (χ4v) is 5.97. The lowest BCUT2D eigenvalue weighted by Crippen LogP contribution is -2.55. The fraction of sp³-hybridized carbons (Fsp3) is 0.833. The van der Waals surface area contributed by atoms with Crippen LogP contribution in [-0.4, -0.2) is 22.1 Å². The number of aromatic nitrogens is 2. The maximum atomic E-state index is 4.30. The molecule has 0 aliphatic heterocycles. The van der Waals surface area contributed by atoms with Gasteiger partial charge in [0.15, 0.2) is 0 Å². The molecule has 0 saturated heterocycles. The second-order valence-electron chi connectivity index (χ2n) is 8.12. The maximum absolute atomic E-state index is 4.30. The average Bonchev–Trinajstić information content (AvgIpc) is 2.83. The Bertz CT molecular complexity index is 469. The second kappa shape index (κ2) is 5.12. The Morgan fingerprint density at radius 1 is 1.24 bits per heavy atom. The highest BCUT2D eigenvalue weighted by molar-refractivity contribution is 5.05. The molecular weight excluding hydrogens is 258 g/mol. The van der Waals surface area contributed by atoms with Gasteiger partial charge in [-0.2, -0.15) is 0 Å². The molecule has 4 bridgehead atoms. The Morgan fingerprint density at radius 2 is 1.86 bits per heavy atom.